The molecule has 0 radical (unpaired) electrons. The minimum absolute atomic E-state index is 0.0176. The van der Waals surface area contributed by atoms with Crippen molar-refractivity contribution in [3.05, 3.63) is 126 Å². The van der Waals surface area contributed by atoms with Gasteiger partial charge in [-0.2, -0.15) is 0 Å². The predicted octanol–water partition coefficient (Wildman–Crippen LogP) is 5.65. The summed E-state index contributed by atoms with van der Waals surface area (Å²) in [6, 6.07) is 19.8. The van der Waals surface area contributed by atoms with E-state index in [1.807, 2.05) is 91.6 Å². The molecule has 2 aromatic rings. The number of nitrogens with one attached hydrogen (secondary N) is 1. The number of hydrogen-bond acceptors (Lipinski definition) is 12. The minimum atomic E-state index is -0.735. The Kier molecular flexibility index (Phi) is 13.1. The summed E-state index contributed by atoms with van der Waals surface area (Å²) in [6.07, 6.45) is 5.03. The van der Waals surface area contributed by atoms with Crippen LogP contribution in [-0.4, -0.2) is 70.3 Å². The Morgan fingerprint density at radius 3 is 2.06 bits per heavy atom. The lowest BCUT2D eigenvalue weighted by atomic mass is 9.85. The second kappa shape index (κ2) is 17.2. The van der Waals surface area contributed by atoms with Gasteiger partial charge in [0.1, 0.15) is 15.4 Å². The number of carbonyl (C=O) groups is 4. The van der Waals surface area contributed by atoms with Crippen molar-refractivity contribution < 1.29 is 38.1 Å². The third-order valence-corrected chi connectivity index (χ3v) is 9.65. The number of fused-ring (bicyclic) bond motifs is 1. The predicted molar refractivity (Wildman–Crippen MR) is 190 cm³/mol. The van der Waals surface area contributed by atoms with Gasteiger partial charge in [0.05, 0.1) is 34.1 Å². The standard InChI is InChI=1S/C37H40N2O8S2/c1-37(2)20-27(48-26(34(41)45-4)19-29(40)44-3)30-28(21-37)49-33(36(43)47-6)31(35(42)46-5)32(30)39(23-25-15-11-8-12-16-25)18-17-38-22-24-13-9-7-10-14-24/h7-16,19-21,38H,17-18,22-23H2,1-6H3/b26-19+. The van der Waals surface area contributed by atoms with Gasteiger partial charge >= 0.3 is 23.9 Å². The molecular weight excluding hydrogens is 665 g/mol. The largest absolute Gasteiger partial charge is 0.466 e. The summed E-state index contributed by atoms with van der Waals surface area (Å²) >= 11 is 2.12. The first kappa shape index (κ1) is 37.3. The zero-order chi connectivity index (χ0) is 35.6. The topological polar surface area (TPSA) is 120 Å². The first-order valence-electron chi connectivity index (χ1n) is 15.4. The van der Waals surface area contributed by atoms with Gasteiger partial charge < -0.3 is 29.2 Å². The molecule has 12 heteroatoms. The lowest BCUT2D eigenvalue weighted by molar-refractivity contribution is -0.138. The highest BCUT2D eigenvalue weighted by Crippen LogP contribution is 2.54. The number of ether oxygens (including phenoxy) is 4. The SMILES string of the molecule is COC(=O)/C=C(/SC1=CC(C)(C)C=C2SC(C(=O)OC)=C(C(=O)OC)C(N(CCNCc3ccccc3)Cc3ccccc3)=C21)C(=O)OC. The fourth-order valence-electron chi connectivity index (χ4n) is 5.25. The normalized spacial score (nSPS) is 15.4. The van der Waals surface area contributed by atoms with Crippen molar-refractivity contribution in [1.82, 2.24) is 10.2 Å². The Morgan fingerprint density at radius 1 is 0.837 bits per heavy atom. The molecule has 2 aromatic carbocycles. The van der Waals surface area contributed by atoms with Gasteiger partial charge in [0.25, 0.3) is 0 Å². The van der Waals surface area contributed by atoms with Crippen molar-refractivity contribution in [1.29, 1.82) is 0 Å². The monoisotopic (exact) mass is 704 g/mol. The number of methoxy groups -OCH3 is 4. The van der Waals surface area contributed by atoms with Crippen LogP contribution in [0.15, 0.2) is 115 Å². The van der Waals surface area contributed by atoms with Gasteiger partial charge in [0.2, 0.25) is 0 Å². The molecule has 0 saturated heterocycles. The molecule has 0 bridgehead atoms. The van der Waals surface area contributed by atoms with Gasteiger partial charge in [-0.05, 0) is 11.1 Å². The Morgan fingerprint density at radius 2 is 1.47 bits per heavy atom. The highest BCUT2D eigenvalue weighted by molar-refractivity contribution is 8.09. The molecule has 1 aliphatic heterocycles. The van der Waals surface area contributed by atoms with Gasteiger partial charge in [-0.25, -0.2) is 19.2 Å². The van der Waals surface area contributed by atoms with Gasteiger partial charge in [-0.3, -0.25) is 0 Å². The Bertz CT molecular complexity index is 1730. The number of thioether (sulfide) groups is 2. The van der Waals surface area contributed by atoms with E-state index in [1.165, 1.54) is 28.4 Å². The average Bonchev–Trinajstić information content (AvgIpc) is 3.11. The number of allylic oxidation sites excluding steroid dienone is 4. The van der Waals surface area contributed by atoms with Crippen molar-refractivity contribution in [2.45, 2.75) is 26.9 Å². The van der Waals surface area contributed by atoms with E-state index in [2.05, 4.69) is 5.32 Å². The molecule has 0 unspecified atom stereocenters. The molecule has 0 atom stereocenters. The van der Waals surface area contributed by atoms with E-state index in [1.54, 1.807) is 0 Å². The van der Waals surface area contributed by atoms with Crippen LogP contribution in [0.2, 0.25) is 0 Å². The molecule has 10 nitrogen and oxygen atoms in total. The van der Waals surface area contributed by atoms with Crippen LogP contribution in [-0.2, 0) is 51.2 Å². The average molecular weight is 705 g/mol. The molecule has 0 amide bonds. The Labute approximate surface area is 295 Å². The zero-order valence-electron chi connectivity index (χ0n) is 28.4. The summed E-state index contributed by atoms with van der Waals surface area (Å²) in [5.41, 5.74) is 2.58. The summed E-state index contributed by atoms with van der Waals surface area (Å²) in [6.45, 7) is 5.87. The van der Waals surface area contributed by atoms with E-state index < -0.39 is 29.3 Å². The van der Waals surface area contributed by atoms with Crippen molar-refractivity contribution in [2.24, 2.45) is 5.41 Å². The van der Waals surface area contributed by atoms with E-state index in [0.29, 0.717) is 47.3 Å². The molecular formula is C37H40N2O8S2. The molecule has 1 aliphatic carbocycles. The number of hydrogen-bond donors (Lipinski definition) is 1. The quantitative estimate of drug-likeness (QED) is 0.113. The molecule has 1 N–H and O–H groups in total. The van der Waals surface area contributed by atoms with Gasteiger partial charge in [0.15, 0.2) is 0 Å². The smallest absolute Gasteiger partial charge is 0.345 e. The third kappa shape index (κ3) is 9.56. The summed E-state index contributed by atoms with van der Waals surface area (Å²) < 4.78 is 20.3. The van der Waals surface area contributed by atoms with E-state index in [4.69, 9.17) is 18.9 Å². The third-order valence-electron chi connectivity index (χ3n) is 7.49. The van der Waals surface area contributed by atoms with E-state index in [9.17, 15) is 19.2 Å². The maximum atomic E-state index is 13.8. The number of nitrogens with zero attached hydrogens (tertiary/aromatic N) is 1. The van der Waals surface area contributed by atoms with E-state index in [0.717, 1.165) is 40.7 Å². The number of carbonyl (C=O) groups excluding carboxylic acids is 4. The van der Waals surface area contributed by atoms with Crippen LogP contribution in [0.4, 0.5) is 0 Å². The highest BCUT2D eigenvalue weighted by atomic mass is 32.2. The van der Waals surface area contributed by atoms with Crippen LogP contribution >= 0.6 is 23.5 Å². The van der Waals surface area contributed by atoms with Crippen LogP contribution in [0.25, 0.3) is 0 Å². The molecule has 0 spiro atoms. The number of esters is 4. The van der Waals surface area contributed by atoms with Crippen molar-refractivity contribution in [3.63, 3.8) is 0 Å². The molecule has 2 aliphatic rings. The van der Waals surface area contributed by atoms with E-state index in [-0.39, 0.29) is 15.4 Å². The van der Waals surface area contributed by atoms with Gasteiger partial charge in [0, 0.05) is 53.1 Å². The Hall–Kier alpha value is -4.52. The molecule has 0 saturated carbocycles. The van der Waals surface area contributed by atoms with Crippen molar-refractivity contribution in [2.75, 3.05) is 41.5 Å². The lowest BCUT2D eigenvalue weighted by Gasteiger charge is -2.38. The fraction of sp³-hybridized carbons (Fsp3) is 0.297. The number of benzene rings is 2. The summed E-state index contributed by atoms with van der Waals surface area (Å²) in [4.78, 5) is 55.8. The maximum absolute atomic E-state index is 13.8. The second-order valence-corrected chi connectivity index (χ2v) is 13.7. The molecule has 1 heterocycles. The minimum Gasteiger partial charge on any atom is -0.466 e. The molecule has 0 aromatic heterocycles. The van der Waals surface area contributed by atoms with Crippen LogP contribution in [0, 0.1) is 5.41 Å². The van der Waals surface area contributed by atoms with E-state index >= 15 is 0 Å². The number of rotatable bonds is 14. The van der Waals surface area contributed by atoms with Crippen LogP contribution in [0.1, 0.15) is 25.0 Å². The van der Waals surface area contributed by atoms with Crippen LogP contribution in [0.3, 0.4) is 0 Å². The van der Waals surface area contributed by atoms with Gasteiger partial charge in [-0.1, -0.05) is 110 Å². The van der Waals surface area contributed by atoms with Gasteiger partial charge in [-0.15, -0.1) is 0 Å². The Balaban J connectivity index is 1.96. The second-order valence-electron chi connectivity index (χ2n) is 11.5. The van der Waals surface area contributed by atoms with Crippen LogP contribution < -0.4 is 5.32 Å². The van der Waals surface area contributed by atoms with Crippen LogP contribution in [0.5, 0.6) is 0 Å². The highest BCUT2D eigenvalue weighted by Gasteiger charge is 2.41. The first-order chi connectivity index (χ1) is 23.5. The van der Waals surface area contributed by atoms with Crippen molar-refractivity contribution >= 4 is 47.4 Å². The summed E-state index contributed by atoms with van der Waals surface area (Å²) in [5.74, 6) is -2.88. The van der Waals surface area contributed by atoms with Crippen molar-refractivity contribution in [3.8, 4) is 0 Å². The molecule has 4 rings (SSSR count). The summed E-state index contributed by atoms with van der Waals surface area (Å²) in [5, 5.41) is 3.49. The molecule has 49 heavy (non-hydrogen) atoms. The molecule has 258 valence electrons. The zero-order valence-corrected chi connectivity index (χ0v) is 30.0. The maximum Gasteiger partial charge on any atom is 0.345 e. The fourth-order valence-corrected chi connectivity index (χ4v) is 7.88. The summed E-state index contributed by atoms with van der Waals surface area (Å²) in [7, 11) is 4.97. The molecule has 0 fully saturated rings. The lowest BCUT2D eigenvalue weighted by Crippen LogP contribution is -2.36. The first-order valence-corrected chi connectivity index (χ1v) is 17.0.